The predicted molar refractivity (Wildman–Crippen MR) is 19.2 cm³/mol. The van der Waals surface area contributed by atoms with Gasteiger partial charge in [0, 0.05) is 44.8 Å². The molecule has 0 aromatic rings. The van der Waals surface area contributed by atoms with Gasteiger partial charge in [-0.15, -0.1) is 0 Å². The molecule has 0 rings (SSSR count). The third-order valence-electron chi connectivity index (χ3n) is 0. The van der Waals surface area contributed by atoms with Gasteiger partial charge in [0.05, 0.1) is 0 Å². The molecule has 0 fully saturated rings. The number of hydrogen-bond donors (Lipinski definition) is 0. The molecule has 0 aromatic carbocycles. The van der Waals surface area contributed by atoms with Crippen LogP contribution in [0.5, 0.6) is 0 Å². The summed E-state index contributed by atoms with van der Waals surface area (Å²) in [5.74, 6) is 0. The summed E-state index contributed by atoms with van der Waals surface area (Å²) < 4.78 is 0. The molecule has 0 amide bonds. The first-order valence-corrected chi connectivity index (χ1v) is 0. The van der Waals surface area contributed by atoms with E-state index < -0.39 is 0 Å². The maximum absolute atomic E-state index is 0. The summed E-state index contributed by atoms with van der Waals surface area (Å²) in [5, 5.41) is 0. The maximum atomic E-state index is 0. The summed E-state index contributed by atoms with van der Waals surface area (Å²) in [5.41, 5.74) is 0. The third-order valence-corrected chi connectivity index (χ3v) is 0. The topological polar surface area (TPSA) is 158 Å². The van der Waals surface area contributed by atoms with Crippen LogP contribution in [0.4, 0.5) is 0 Å². The van der Waals surface area contributed by atoms with E-state index in [2.05, 4.69) is 0 Å². The van der Waals surface area contributed by atoms with Gasteiger partial charge in [0.25, 0.3) is 0 Å². The molecule has 0 aliphatic carbocycles. The Morgan fingerprint density at radius 3 is 0.500 bits per heavy atom. The van der Waals surface area contributed by atoms with Crippen LogP contribution in [-0.2, 0) is 44.8 Å². The second kappa shape index (κ2) is 156. The zero-order valence-corrected chi connectivity index (χ0v) is 8.79. The molecule has 0 heterocycles. The van der Waals surface area contributed by atoms with Crippen LogP contribution in [0.2, 0.25) is 0 Å². The van der Waals surface area contributed by atoms with Crippen molar-refractivity contribution in [2.45, 2.75) is 0 Å². The Morgan fingerprint density at radius 2 is 0.500 bits per heavy atom. The summed E-state index contributed by atoms with van der Waals surface area (Å²) in [6.07, 6.45) is 0. The minimum Gasteiger partial charge on any atom is -1.00 e. The molecule has 2 radical (unpaired) electrons. The Labute approximate surface area is 91.8 Å². The average molecular weight is 284 g/mol. The van der Waals surface area contributed by atoms with Crippen LogP contribution in [0.1, 0.15) is 1.43 Å². The largest absolute Gasteiger partial charge is 1.00 e. The van der Waals surface area contributed by atoms with E-state index in [1.807, 2.05) is 0 Å². The van der Waals surface area contributed by atoms with Gasteiger partial charge in [0.1, 0.15) is 0 Å². The normalized spacial score (nSPS) is 0. The molecule has 0 aromatic heterocycles. The van der Waals surface area contributed by atoms with Gasteiger partial charge in [0.15, 0.2) is 0 Å². The standard InChI is InChI=1S/Li.2Nb.5H2O.H/h;;;5*1H2;/q+1;;;;;;;;-1. The molecule has 0 spiro atoms. The maximum Gasteiger partial charge on any atom is 1.00 e. The van der Waals surface area contributed by atoms with E-state index >= 15 is 0 Å². The molecule has 0 atom stereocenters. The molecule has 10 N–H and O–H groups in total. The predicted octanol–water partition coefficient (Wildman–Crippen LogP) is -7.01. The zero-order chi connectivity index (χ0) is 0. The Morgan fingerprint density at radius 1 is 0.500 bits per heavy atom. The second-order valence-electron chi connectivity index (χ2n) is 0. The van der Waals surface area contributed by atoms with Crippen molar-refractivity contribution in [3.63, 3.8) is 0 Å². The summed E-state index contributed by atoms with van der Waals surface area (Å²) in [6, 6.07) is 0. The van der Waals surface area contributed by atoms with Gasteiger partial charge in [-0.2, -0.15) is 0 Å². The van der Waals surface area contributed by atoms with E-state index in [4.69, 9.17) is 0 Å². The Bertz CT molecular complexity index is 14.9. The van der Waals surface area contributed by atoms with Gasteiger partial charge in [-0.3, -0.25) is 0 Å². The van der Waals surface area contributed by atoms with Crippen molar-refractivity contribution in [1.82, 2.24) is 0 Å². The SMILES string of the molecule is O.O.O.O.O.[H-].[Li+].[Nb].[Nb]. The molecular formula is H11LiNb2O5. The van der Waals surface area contributed by atoms with Crippen LogP contribution < -0.4 is 18.9 Å². The molecule has 8 heteroatoms. The minimum absolute atomic E-state index is 0. The zero-order valence-electron chi connectivity index (χ0n) is 5.39. The quantitative estimate of drug-likeness (QED) is 0.387. The number of hydrogen-bond acceptors (Lipinski definition) is 0. The molecule has 0 unspecified atom stereocenters. The summed E-state index contributed by atoms with van der Waals surface area (Å²) in [6.45, 7) is 0. The Balaban J connectivity index is 0. The van der Waals surface area contributed by atoms with E-state index in [1.54, 1.807) is 0 Å². The first-order valence-electron chi connectivity index (χ1n) is 0. The van der Waals surface area contributed by atoms with E-state index in [0.717, 1.165) is 0 Å². The van der Waals surface area contributed by atoms with Crippen molar-refractivity contribution >= 4 is 0 Å². The van der Waals surface area contributed by atoms with Gasteiger partial charge in [-0.1, -0.05) is 0 Å². The molecule has 0 saturated heterocycles. The van der Waals surface area contributed by atoms with Crippen LogP contribution in [0.25, 0.3) is 0 Å². The molecule has 0 bridgehead atoms. The van der Waals surface area contributed by atoms with Crippen LogP contribution in [0.15, 0.2) is 0 Å². The number of rotatable bonds is 0. The monoisotopic (exact) mass is 284 g/mol. The second-order valence-corrected chi connectivity index (χ2v) is 0. The minimum atomic E-state index is 0. The van der Waals surface area contributed by atoms with Crippen molar-refractivity contribution in [2.75, 3.05) is 0 Å². The van der Waals surface area contributed by atoms with Crippen molar-refractivity contribution in [3.05, 3.63) is 0 Å². The molecule has 0 saturated carbocycles. The summed E-state index contributed by atoms with van der Waals surface area (Å²) in [7, 11) is 0. The first kappa shape index (κ1) is 221. The van der Waals surface area contributed by atoms with Gasteiger partial charge in [0.2, 0.25) is 0 Å². The van der Waals surface area contributed by atoms with Gasteiger partial charge in [-0.25, -0.2) is 0 Å². The fraction of sp³-hybridized carbons (Fsp3) is 0. The smallest absolute Gasteiger partial charge is 1.00 e. The van der Waals surface area contributed by atoms with Crippen molar-refractivity contribution in [2.24, 2.45) is 0 Å². The van der Waals surface area contributed by atoms with Crippen LogP contribution >= 0.6 is 0 Å². The Hall–Kier alpha value is 1.88. The molecule has 0 aliphatic rings. The van der Waals surface area contributed by atoms with Crippen LogP contribution in [0, 0.1) is 0 Å². The van der Waals surface area contributed by atoms with E-state index in [0.29, 0.717) is 0 Å². The van der Waals surface area contributed by atoms with Crippen molar-refractivity contribution in [1.29, 1.82) is 0 Å². The molecule has 5 nitrogen and oxygen atoms in total. The first-order chi connectivity index (χ1) is 0. The molecule has 8 heavy (non-hydrogen) atoms. The summed E-state index contributed by atoms with van der Waals surface area (Å²) in [4.78, 5) is 0. The average Bonchev–Trinajstić information content (AvgIpc) is 0. The Kier molecular flexibility index (Phi) is 4310. The van der Waals surface area contributed by atoms with Gasteiger partial charge >= 0.3 is 18.9 Å². The fourth-order valence-corrected chi connectivity index (χ4v) is 0. The summed E-state index contributed by atoms with van der Waals surface area (Å²) >= 11 is 0. The molecular weight excluding hydrogens is 273 g/mol. The van der Waals surface area contributed by atoms with Gasteiger partial charge in [-0.05, 0) is 0 Å². The van der Waals surface area contributed by atoms with Crippen molar-refractivity contribution in [3.8, 4) is 0 Å². The third kappa shape index (κ3) is 106. The van der Waals surface area contributed by atoms with Crippen LogP contribution in [-0.4, -0.2) is 27.4 Å². The van der Waals surface area contributed by atoms with E-state index in [9.17, 15) is 0 Å². The fourth-order valence-electron chi connectivity index (χ4n) is 0. The van der Waals surface area contributed by atoms with Crippen molar-refractivity contribution < 1.29 is 92.4 Å². The molecule has 52 valence electrons. The molecule has 0 aliphatic heterocycles. The van der Waals surface area contributed by atoms with Crippen LogP contribution in [0.3, 0.4) is 0 Å². The van der Waals surface area contributed by atoms with Gasteiger partial charge < -0.3 is 28.8 Å². The van der Waals surface area contributed by atoms with E-state index in [1.165, 1.54) is 0 Å². The van der Waals surface area contributed by atoms with E-state index in [-0.39, 0.29) is 92.4 Å².